The van der Waals surface area contributed by atoms with Gasteiger partial charge in [-0.3, -0.25) is 9.36 Å². The van der Waals surface area contributed by atoms with Crippen molar-refractivity contribution in [3.63, 3.8) is 0 Å². The summed E-state index contributed by atoms with van der Waals surface area (Å²) in [6.07, 6.45) is 6.11. The summed E-state index contributed by atoms with van der Waals surface area (Å²) >= 11 is 3.46. The zero-order valence-electron chi connectivity index (χ0n) is 31.3. The number of piperidine rings is 1. The normalized spacial score (nSPS) is 14.1. The highest BCUT2D eigenvalue weighted by molar-refractivity contribution is 7.26. The fraction of sp³-hybridized carbons (Fsp3) is 0.486. The van der Waals surface area contributed by atoms with Crippen molar-refractivity contribution in [3.8, 4) is 0 Å². The molecule has 0 aliphatic carbocycles. The average Bonchev–Trinajstić information content (AvgIpc) is 3.88. The van der Waals surface area contributed by atoms with Gasteiger partial charge in [0, 0.05) is 80.9 Å². The molecule has 13 heteroatoms. The van der Waals surface area contributed by atoms with Crippen LogP contribution in [0, 0.1) is 27.7 Å². The number of aryl methyl sites for hydroxylation is 7. The molecule has 0 aromatic carbocycles. The number of hydrogen-bond donors (Lipinski definition) is 2. The Hall–Kier alpha value is -4.07. The molecule has 11 nitrogen and oxygen atoms in total. The molecule has 7 aromatic heterocycles. The monoisotopic (exact) mass is 713 g/mol. The number of likely N-dealkylation sites (tertiary alicyclic amines) is 1. The Bertz CT molecular complexity index is 2260. The van der Waals surface area contributed by atoms with E-state index >= 15 is 0 Å². The first kappa shape index (κ1) is 35.7. The lowest BCUT2D eigenvalue weighted by Crippen LogP contribution is -2.42. The summed E-state index contributed by atoms with van der Waals surface area (Å²) in [7, 11) is 6.02. The van der Waals surface area contributed by atoms with Crippen molar-refractivity contribution in [1.82, 2.24) is 44.0 Å². The second-order valence-electron chi connectivity index (χ2n) is 13.4. The lowest BCUT2D eigenvalue weighted by molar-refractivity contribution is 0.177. The van der Waals surface area contributed by atoms with E-state index in [1.807, 2.05) is 62.0 Å². The largest absolute Gasteiger partial charge is 0.365 e. The maximum Gasteiger partial charge on any atom is 0.166 e. The molecule has 1 aliphatic rings. The van der Waals surface area contributed by atoms with Crippen molar-refractivity contribution in [2.75, 3.05) is 23.7 Å². The van der Waals surface area contributed by atoms with E-state index in [4.69, 9.17) is 10.1 Å². The van der Waals surface area contributed by atoms with Gasteiger partial charge in [-0.15, -0.1) is 22.7 Å². The number of rotatable bonds is 6. The van der Waals surface area contributed by atoms with Gasteiger partial charge in [0.15, 0.2) is 11.6 Å². The Kier molecular flexibility index (Phi) is 10.5. The predicted molar refractivity (Wildman–Crippen MR) is 212 cm³/mol. The van der Waals surface area contributed by atoms with Gasteiger partial charge in [-0.25, -0.2) is 15.0 Å². The number of aromatic nitrogens is 8. The number of fused-ring (bicyclic) bond motifs is 6. The fourth-order valence-electron chi connectivity index (χ4n) is 6.97. The first-order valence-corrected chi connectivity index (χ1v) is 19.3. The smallest absolute Gasteiger partial charge is 0.166 e. The highest BCUT2D eigenvalue weighted by Crippen LogP contribution is 2.40. The molecule has 0 amide bonds. The number of pyridine rings is 2. The predicted octanol–water partition coefficient (Wildman–Crippen LogP) is 8.26. The Morgan fingerprint density at radius 1 is 0.800 bits per heavy atom. The van der Waals surface area contributed by atoms with Gasteiger partial charge < -0.3 is 20.1 Å². The maximum atomic E-state index is 4.79. The standard InChI is InChI=1S/C19H27N5S.C16H18N6S.C2H6/c1-11(2)24-8-6-14(7-9-24)21-18-17-16(23(5)22-18)15-12(3)10-13(4)20-19(15)25-17;1-9-7-10(2)19-16-12(9)13-14(23-16)15(20-22(13)4)18-8-11-17-5-6-21(11)3;1-2/h10-11,14H,6-9H2,1-5H3,(H,21,22);5-7H,8H2,1-4H3,(H,18,20);1-2H3. The SMILES string of the molecule is CC.Cc1cc(C)c2c(n1)sc1c(NC3CCN(C(C)C)CC3)nn(C)c12.Cc1cc(C)c2c(n1)sc1c(NCc3nccn3C)nn(C)c12. The van der Waals surface area contributed by atoms with E-state index in [0.29, 0.717) is 18.6 Å². The number of thiophene rings is 2. The maximum absolute atomic E-state index is 4.79. The van der Waals surface area contributed by atoms with Crippen LogP contribution in [0.3, 0.4) is 0 Å². The third-order valence-electron chi connectivity index (χ3n) is 9.44. The molecule has 0 saturated carbocycles. The van der Waals surface area contributed by atoms with Crippen molar-refractivity contribution >= 4 is 75.2 Å². The van der Waals surface area contributed by atoms with E-state index < -0.39 is 0 Å². The third-order valence-corrected chi connectivity index (χ3v) is 11.6. The van der Waals surface area contributed by atoms with Gasteiger partial charge in [0.1, 0.15) is 15.5 Å². The first-order valence-electron chi connectivity index (χ1n) is 17.7. The van der Waals surface area contributed by atoms with E-state index in [0.717, 1.165) is 61.8 Å². The molecular weight excluding hydrogens is 663 g/mol. The number of anilines is 2. The summed E-state index contributed by atoms with van der Waals surface area (Å²) in [4.78, 5) is 18.5. The second-order valence-corrected chi connectivity index (χ2v) is 15.4. The molecule has 1 fully saturated rings. The van der Waals surface area contributed by atoms with Crippen LogP contribution in [0.4, 0.5) is 11.6 Å². The fourth-order valence-corrected chi connectivity index (χ4v) is 9.52. The zero-order valence-corrected chi connectivity index (χ0v) is 33.0. The van der Waals surface area contributed by atoms with E-state index in [9.17, 15) is 0 Å². The van der Waals surface area contributed by atoms with Crippen LogP contribution in [0.5, 0.6) is 0 Å². The van der Waals surface area contributed by atoms with Crippen LogP contribution in [0.2, 0.25) is 0 Å². The summed E-state index contributed by atoms with van der Waals surface area (Å²) < 4.78 is 8.36. The molecule has 0 radical (unpaired) electrons. The molecule has 2 N–H and O–H groups in total. The van der Waals surface area contributed by atoms with Crippen molar-refractivity contribution in [3.05, 3.63) is 52.9 Å². The quantitative estimate of drug-likeness (QED) is 0.178. The summed E-state index contributed by atoms with van der Waals surface area (Å²) in [6, 6.07) is 5.44. The van der Waals surface area contributed by atoms with Gasteiger partial charge in [0.2, 0.25) is 0 Å². The molecule has 0 atom stereocenters. The summed E-state index contributed by atoms with van der Waals surface area (Å²) in [5.41, 5.74) is 7.03. The lowest BCUT2D eigenvalue weighted by atomic mass is 10.0. The van der Waals surface area contributed by atoms with Crippen LogP contribution in [0.15, 0.2) is 24.5 Å². The van der Waals surface area contributed by atoms with Crippen LogP contribution in [0.1, 0.15) is 68.9 Å². The Morgan fingerprint density at radius 2 is 1.32 bits per heavy atom. The minimum atomic E-state index is 0.508. The second kappa shape index (κ2) is 14.7. The van der Waals surface area contributed by atoms with Gasteiger partial charge in [0.25, 0.3) is 0 Å². The van der Waals surface area contributed by atoms with Gasteiger partial charge in [-0.1, -0.05) is 13.8 Å². The molecule has 7 aromatic rings. The molecule has 50 heavy (non-hydrogen) atoms. The van der Waals surface area contributed by atoms with E-state index in [2.05, 4.69) is 77.4 Å². The van der Waals surface area contributed by atoms with Gasteiger partial charge in [-0.05, 0) is 77.6 Å². The molecule has 8 rings (SSSR count). The molecule has 0 unspecified atom stereocenters. The van der Waals surface area contributed by atoms with Crippen LogP contribution < -0.4 is 10.6 Å². The van der Waals surface area contributed by atoms with Gasteiger partial charge >= 0.3 is 0 Å². The van der Waals surface area contributed by atoms with Crippen LogP contribution in [0.25, 0.3) is 40.9 Å². The van der Waals surface area contributed by atoms with E-state index in [-0.39, 0.29) is 0 Å². The molecule has 0 bridgehead atoms. The Balaban J connectivity index is 0.000000165. The summed E-state index contributed by atoms with van der Waals surface area (Å²) in [5.74, 6) is 2.90. The molecule has 1 saturated heterocycles. The molecule has 266 valence electrons. The number of hydrogen-bond acceptors (Lipinski definition) is 10. The van der Waals surface area contributed by atoms with Crippen molar-refractivity contribution in [1.29, 1.82) is 0 Å². The first-order chi connectivity index (χ1) is 24.0. The number of imidazole rings is 1. The zero-order chi connectivity index (χ0) is 35.9. The summed E-state index contributed by atoms with van der Waals surface area (Å²) in [6.45, 7) is 20.0. The number of nitrogens with zero attached hydrogens (tertiary/aromatic N) is 9. The van der Waals surface area contributed by atoms with Crippen LogP contribution in [-0.4, -0.2) is 69.2 Å². The van der Waals surface area contributed by atoms with Crippen LogP contribution >= 0.6 is 22.7 Å². The van der Waals surface area contributed by atoms with E-state index in [1.54, 1.807) is 28.9 Å². The molecule has 1 aliphatic heterocycles. The van der Waals surface area contributed by atoms with Gasteiger partial charge in [-0.2, -0.15) is 10.2 Å². The molecule has 0 spiro atoms. The third kappa shape index (κ3) is 6.82. The Labute approximate surface area is 302 Å². The highest BCUT2D eigenvalue weighted by Gasteiger charge is 2.24. The average molecular weight is 714 g/mol. The van der Waals surface area contributed by atoms with Crippen molar-refractivity contribution in [2.24, 2.45) is 21.1 Å². The highest BCUT2D eigenvalue weighted by atomic mass is 32.1. The molecule has 8 heterocycles. The van der Waals surface area contributed by atoms with E-state index in [1.165, 1.54) is 45.0 Å². The summed E-state index contributed by atoms with van der Waals surface area (Å²) in [5, 5.41) is 19.0. The minimum Gasteiger partial charge on any atom is -0.365 e. The minimum absolute atomic E-state index is 0.508. The Morgan fingerprint density at radius 3 is 1.82 bits per heavy atom. The lowest BCUT2D eigenvalue weighted by Gasteiger charge is -2.34. The van der Waals surface area contributed by atoms with Crippen molar-refractivity contribution < 1.29 is 0 Å². The topological polar surface area (TPSA) is 107 Å². The van der Waals surface area contributed by atoms with Crippen molar-refractivity contribution in [2.45, 2.75) is 86.9 Å². The molecular formula is C37H51N11S2. The van der Waals surface area contributed by atoms with Gasteiger partial charge in [0.05, 0.1) is 27.0 Å². The van der Waals surface area contributed by atoms with Crippen LogP contribution in [-0.2, 0) is 27.7 Å². The number of nitrogens with one attached hydrogen (secondary N) is 2.